The average molecular weight is 380 g/mol. The van der Waals surface area contributed by atoms with Crippen LogP contribution in [0.2, 0.25) is 0 Å². The molecule has 0 saturated carbocycles. The Kier molecular flexibility index (Phi) is 5.25. The zero-order chi connectivity index (χ0) is 19.5. The van der Waals surface area contributed by atoms with Crippen LogP contribution in [0, 0.1) is 0 Å². The van der Waals surface area contributed by atoms with Gasteiger partial charge in [0.2, 0.25) is 5.91 Å². The number of amides is 1. The summed E-state index contributed by atoms with van der Waals surface area (Å²) in [5.74, 6) is 0.750. The quantitative estimate of drug-likeness (QED) is 0.708. The molecule has 1 saturated heterocycles. The highest BCUT2D eigenvalue weighted by Gasteiger charge is 2.26. The van der Waals surface area contributed by atoms with Gasteiger partial charge in [0, 0.05) is 19.0 Å². The maximum atomic E-state index is 12.7. The number of aryl methyl sites for hydroxylation is 1. The number of hydrogen-bond donors (Lipinski definition) is 1. The monoisotopic (exact) mass is 380 g/mol. The molecule has 0 radical (unpaired) electrons. The molecule has 1 amide bonds. The Morgan fingerprint density at radius 3 is 2.64 bits per heavy atom. The molecule has 28 heavy (non-hydrogen) atoms. The van der Waals surface area contributed by atoms with Crippen molar-refractivity contribution >= 4 is 16.7 Å². The summed E-state index contributed by atoms with van der Waals surface area (Å²) in [5.41, 5.74) is 0.442. The van der Waals surface area contributed by atoms with Gasteiger partial charge in [-0.25, -0.2) is 4.68 Å². The number of nitrogens with one attached hydrogen (secondary N) is 1. The van der Waals surface area contributed by atoms with E-state index in [1.165, 1.54) is 17.5 Å². The number of aromatic nitrogens is 2. The van der Waals surface area contributed by atoms with Crippen LogP contribution in [0.5, 0.6) is 0 Å². The van der Waals surface area contributed by atoms with Crippen LogP contribution in [0.1, 0.15) is 30.3 Å². The largest absolute Gasteiger partial charge is 0.468 e. The minimum Gasteiger partial charge on any atom is -0.468 e. The molecule has 0 aliphatic carbocycles. The number of benzene rings is 1. The summed E-state index contributed by atoms with van der Waals surface area (Å²) in [6.45, 7) is 2.50. The van der Waals surface area contributed by atoms with Crippen molar-refractivity contribution in [2.45, 2.75) is 25.3 Å². The zero-order valence-corrected chi connectivity index (χ0v) is 15.9. The minimum absolute atomic E-state index is 0.0336. The number of rotatable bonds is 6. The predicted molar refractivity (Wildman–Crippen MR) is 106 cm³/mol. The third-order valence-electron chi connectivity index (χ3n) is 5.31. The van der Waals surface area contributed by atoms with E-state index in [1.54, 1.807) is 19.4 Å². The Hall–Kier alpha value is -2.93. The lowest BCUT2D eigenvalue weighted by Crippen LogP contribution is -2.37. The summed E-state index contributed by atoms with van der Waals surface area (Å²) >= 11 is 0. The summed E-state index contributed by atoms with van der Waals surface area (Å²) in [4.78, 5) is 27.2. The average Bonchev–Trinajstić information content (AvgIpc) is 3.41. The fourth-order valence-electron chi connectivity index (χ4n) is 3.88. The van der Waals surface area contributed by atoms with Gasteiger partial charge in [-0.2, -0.15) is 5.10 Å². The summed E-state index contributed by atoms with van der Waals surface area (Å²) in [7, 11) is 1.61. The lowest BCUT2D eigenvalue weighted by molar-refractivity contribution is -0.120. The molecule has 0 bridgehead atoms. The van der Waals surface area contributed by atoms with Crippen molar-refractivity contribution in [3.05, 3.63) is 64.5 Å². The highest BCUT2D eigenvalue weighted by molar-refractivity contribution is 5.88. The van der Waals surface area contributed by atoms with Gasteiger partial charge >= 0.3 is 0 Å². The van der Waals surface area contributed by atoms with Crippen molar-refractivity contribution in [1.29, 1.82) is 0 Å². The first-order valence-electron chi connectivity index (χ1n) is 9.62. The van der Waals surface area contributed by atoms with Crippen LogP contribution in [0.25, 0.3) is 10.8 Å². The van der Waals surface area contributed by atoms with Gasteiger partial charge in [0.1, 0.15) is 5.76 Å². The first-order chi connectivity index (χ1) is 13.6. The fraction of sp³-hybridized carbons (Fsp3) is 0.381. The van der Waals surface area contributed by atoms with Crippen LogP contribution >= 0.6 is 0 Å². The Bertz CT molecular complexity index is 1020. The van der Waals surface area contributed by atoms with E-state index < -0.39 is 0 Å². The number of hydrogen-bond acceptors (Lipinski definition) is 5. The Morgan fingerprint density at radius 1 is 1.18 bits per heavy atom. The molecule has 3 aromatic rings. The number of carbonyl (C=O) groups excluding carboxylic acids is 1. The van der Waals surface area contributed by atoms with Crippen LogP contribution in [0.3, 0.4) is 0 Å². The molecular formula is C21H24N4O3. The van der Waals surface area contributed by atoms with E-state index in [4.69, 9.17) is 4.42 Å². The molecule has 146 valence electrons. The number of furan rings is 1. The van der Waals surface area contributed by atoms with Crippen molar-refractivity contribution in [3.8, 4) is 0 Å². The van der Waals surface area contributed by atoms with Gasteiger partial charge in [-0.1, -0.05) is 18.2 Å². The SMILES string of the molecule is Cn1nc(CC(=O)NCC(c2ccco2)N2CCCC2)c2ccccc2c1=O. The second-order valence-corrected chi connectivity index (χ2v) is 7.18. The van der Waals surface area contributed by atoms with Crippen LogP contribution in [0.4, 0.5) is 0 Å². The molecule has 7 nitrogen and oxygen atoms in total. The zero-order valence-electron chi connectivity index (χ0n) is 15.9. The number of nitrogens with zero attached hydrogens (tertiary/aromatic N) is 3. The van der Waals surface area contributed by atoms with Crippen LogP contribution in [-0.4, -0.2) is 40.2 Å². The lowest BCUT2D eigenvalue weighted by Gasteiger charge is -2.26. The second kappa shape index (κ2) is 7.98. The van der Waals surface area contributed by atoms with Crippen LogP contribution in [0.15, 0.2) is 51.9 Å². The minimum atomic E-state index is -0.160. The Balaban J connectivity index is 1.49. The molecular weight excluding hydrogens is 356 g/mol. The number of carbonyl (C=O) groups is 1. The maximum Gasteiger partial charge on any atom is 0.274 e. The smallest absolute Gasteiger partial charge is 0.274 e. The second-order valence-electron chi connectivity index (χ2n) is 7.18. The normalized spacial score (nSPS) is 15.8. The van der Waals surface area contributed by atoms with Gasteiger partial charge in [-0.15, -0.1) is 0 Å². The first kappa shape index (κ1) is 18.4. The molecule has 1 fully saturated rings. The van der Waals surface area contributed by atoms with Gasteiger partial charge in [0.05, 0.1) is 29.8 Å². The van der Waals surface area contributed by atoms with Crippen LogP contribution < -0.4 is 10.9 Å². The molecule has 2 aromatic heterocycles. The molecule has 7 heteroatoms. The van der Waals surface area contributed by atoms with Gasteiger partial charge in [0.25, 0.3) is 5.56 Å². The topological polar surface area (TPSA) is 80.4 Å². The van der Waals surface area contributed by atoms with E-state index in [0.717, 1.165) is 24.2 Å². The van der Waals surface area contributed by atoms with Crippen molar-refractivity contribution < 1.29 is 9.21 Å². The number of likely N-dealkylation sites (tertiary alicyclic amines) is 1. The van der Waals surface area contributed by atoms with Crippen molar-refractivity contribution in [2.75, 3.05) is 19.6 Å². The first-order valence-corrected chi connectivity index (χ1v) is 9.62. The molecule has 1 N–H and O–H groups in total. The van der Waals surface area contributed by atoms with E-state index in [1.807, 2.05) is 30.3 Å². The van der Waals surface area contributed by atoms with E-state index >= 15 is 0 Å². The molecule has 1 aliphatic rings. The highest BCUT2D eigenvalue weighted by Crippen LogP contribution is 2.25. The van der Waals surface area contributed by atoms with E-state index in [9.17, 15) is 9.59 Å². The van der Waals surface area contributed by atoms with Gasteiger partial charge in [-0.05, 0) is 44.1 Å². The van der Waals surface area contributed by atoms with Crippen molar-refractivity contribution in [1.82, 2.24) is 20.0 Å². The summed E-state index contributed by atoms with van der Waals surface area (Å²) < 4.78 is 6.89. The van der Waals surface area contributed by atoms with Crippen LogP contribution in [-0.2, 0) is 18.3 Å². The standard InChI is InChI=1S/C21H24N4O3/c1-24-21(27)16-8-3-2-7-15(16)17(23-24)13-20(26)22-14-18(19-9-6-12-28-19)25-10-4-5-11-25/h2-3,6-9,12,18H,4-5,10-11,13-14H2,1H3,(H,22,26). The fourth-order valence-corrected chi connectivity index (χ4v) is 3.88. The predicted octanol–water partition coefficient (Wildman–Crippen LogP) is 2.02. The van der Waals surface area contributed by atoms with Gasteiger partial charge < -0.3 is 9.73 Å². The van der Waals surface area contributed by atoms with Crippen molar-refractivity contribution in [2.24, 2.45) is 7.05 Å². The highest BCUT2D eigenvalue weighted by atomic mass is 16.3. The molecule has 1 aliphatic heterocycles. The maximum absolute atomic E-state index is 12.7. The summed E-state index contributed by atoms with van der Waals surface area (Å²) in [5, 5.41) is 8.64. The van der Waals surface area contributed by atoms with E-state index in [2.05, 4.69) is 15.3 Å². The Morgan fingerprint density at radius 2 is 1.93 bits per heavy atom. The molecule has 1 unspecified atom stereocenters. The van der Waals surface area contributed by atoms with E-state index in [0.29, 0.717) is 17.6 Å². The molecule has 4 rings (SSSR count). The lowest BCUT2D eigenvalue weighted by atomic mass is 10.1. The number of fused-ring (bicyclic) bond motifs is 1. The van der Waals surface area contributed by atoms with E-state index in [-0.39, 0.29) is 23.9 Å². The van der Waals surface area contributed by atoms with Gasteiger partial charge in [-0.3, -0.25) is 14.5 Å². The Labute approximate surface area is 162 Å². The summed E-state index contributed by atoms with van der Waals surface area (Å²) in [6.07, 6.45) is 4.12. The molecule has 1 atom stereocenters. The molecule has 0 spiro atoms. The third kappa shape index (κ3) is 3.71. The molecule has 3 heterocycles. The van der Waals surface area contributed by atoms with Crippen molar-refractivity contribution in [3.63, 3.8) is 0 Å². The summed E-state index contributed by atoms with van der Waals surface area (Å²) in [6, 6.07) is 11.1. The molecule has 1 aromatic carbocycles. The third-order valence-corrected chi connectivity index (χ3v) is 5.31. The van der Waals surface area contributed by atoms with Gasteiger partial charge in [0.15, 0.2) is 0 Å².